The quantitative estimate of drug-likeness (QED) is 0.774. The summed E-state index contributed by atoms with van der Waals surface area (Å²) in [7, 11) is 0. The Morgan fingerprint density at radius 2 is 2.09 bits per heavy atom. The predicted octanol–water partition coefficient (Wildman–Crippen LogP) is 3.64. The van der Waals surface area contributed by atoms with Crippen molar-refractivity contribution in [3.8, 4) is 11.3 Å². The molecule has 1 atom stereocenters. The number of nitrogens with one attached hydrogen (secondary N) is 2. The number of fused-ring (bicyclic) bond motifs is 1. The van der Waals surface area contributed by atoms with Crippen LogP contribution in [0, 0.1) is 0 Å². The summed E-state index contributed by atoms with van der Waals surface area (Å²) >= 11 is 0. The third kappa shape index (κ3) is 2.90. The van der Waals surface area contributed by atoms with E-state index in [-0.39, 0.29) is 0 Å². The average molecular weight is 304 g/mol. The van der Waals surface area contributed by atoms with Crippen molar-refractivity contribution in [2.75, 3.05) is 0 Å². The maximum absolute atomic E-state index is 4.21. The molecule has 2 heterocycles. The summed E-state index contributed by atoms with van der Waals surface area (Å²) in [6.07, 6.45) is 9.20. The molecule has 0 amide bonds. The Morgan fingerprint density at radius 3 is 3.00 bits per heavy atom. The van der Waals surface area contributed by atoms with Crippen LogP contribution in [0.3, 0.4) is 0 Å². The lowest BCUT2D eigenvalue weighted by Gasteiger charge is -2.26. The summed E-state index contributed by atoms with van der Waals surface area (Å²) in [5, 5.41) is 11.0. The van der Waals surface area contributed by atoms with E-state index in [1.807, 2.05) is 18.5 Å². The third-order valence-corrected chi connectivity index (χ3v) is 4.58. The largest absolute Gasteiger partial charge is 0.306 e. The van der Waals surface area contributed by atoms with Gasteiger partial charge in [0.15, 0.2) is 0 Å². The monoisotopic (exact) mass is 304 g/mol. The lowest BCUT2D eigenvalue weighted by atomic mass is 9.87. The van der Waals surface area contributed by atoms with E-state index in [2.05, 4.69) is 50.8 Å². The van der Waals surface area contributed by atoms with Crippen LogP contribution >= 0.6 is 0 Å². The number of H-pyrrole nitrogens is 1. The van der Waals surface area contributed by atoms with E-state index in [0.717, 1.165) is 17.8 Å². The van der Waals surface area contributed by atoms with Gasteiger partial charge in [0, 0.05) is 36.1 Å². The minimum atomic E-state index is 0.427. The Hall–Kier alpha value is -2.46. The van der Waals surface area contributed by atoms with Gasteiger partial charge >= 0.3 is 0 Å². The van der Waals surface area contributed by atoms with Crippen LogP contribution in [0.4, 0.5) is 0 Å². The smallest absolute Gasteiger partial charge is 0.0710 e. The Kier molecular flexibility index (Phi) is 3.90. The summed E-state index contributed by atoms with van der Waals surface area (Å²) in [6, 6.07) is 13.2. The molecule has 1 aliphatic carbocycles. The van der Waals surface area contributed by atoms with Gasteiger partial charge < -0.3 is 5.32 Å². The molecule has 4 heteroatoms. The molecule has 0 bridgehead atoms. The fourth-order valence-corrected chi connectivity index (χ4v) is 3.40. The van der Waals surface area contributed by atoms with E-state index in [1.54, 1.807) is 6.20 Å². The molecule has 0 spiro atoms. The highest BCUT2D eigenvalue weighted by atomic mass is 15.1. The van der Waals surface area contributed by atoms with Gasteiger partial charge in [0.05, 0.1) is 11.9 Å². The SMILES string of the molecule is c1cncc(-c2[nH]ncc2CN[C@H]2CCCc3ccccc32)c1. The first-order chi connectivity index (χ1) is 11.4. The topological polar surface area (TPSA) is 53.6 Å². The summed E-state index contributed by atoms with van der Waals surface area (Å²) in [5.74, 6) is 0. The summed E-state index contributed by atoms with van der Waals surface area (Å²) in [6.45, 7) is 0.805. The highest BCUT2D eigenvalue weighted by Crippen LogP contribution is 2.30. The van der Waals surface area contributed by atoms with Crippen LogP contribution in [0.25, 0.3) is 11.3 Å². The van der Waals surface area contributed by atoms with Gasteiger partial charge in [-0.1, -0.05) is 24.3 Å². The van der Waals surface area contributed by atoms with Crippen LogP contribution in [0.1, 0.15) is 35.6 Å². The zero-order valence-corrected chi connectivity index (χ0v) is 13.0. The van der Waals surface area contributed by atoms with Gasteiger partial charge in [-0.2, -0.15) is 5.10 Å². The second-order valence-corrected chi connectivity index (χ2v) is 6.04. The molecule has 0 saturated heterocycles. The van der Waals surface area contributed by atoms with Crippen LogP contribution < -0.4 is 5.32 Å². The standard InChI is InChI=1S/C19H20N4/c1-2-8-17-14(5-1)6-3-9-18(17)21-12-16-13-22-23-19(16)15-7-4-10-20-11-15/h1-2,4-5,7-8,10-11,13,18,21H,3,6,9,12H2,(H,22,23)/t18-/m0/s1. The van der Waals surface area contributed by atoms with E-state index < -0.39 is 0 Å². The fraction of sp³-hybridized carbons (Fsp3) is 0.263. The Balaban J connectivity index is 1.52. The molecule has 3 aromatic rings. The minimum Gasteiger partial charge on any atom is -0.306 e. The molecule has 23 heavy (non-hydrogen) atoms. The fourth-order valence-electron chi connectivity index (χ4n) is 3.40. The van der Waals surface area contributed by atoms with Gasteiger partial charge in [0.1, 0.15) is 0 Å². The average Bonchev–Trinajstić information content (AvgIpc) is 3.09. The first kappa shape index (κ1) is 14.2. The maximum Gasteiger partial charge on any atom is 0.0710 e. The molecule has 2 N–H and O–H groups in total. The van der Waals surface area contributed by atoms with Crippen molar-refractivity contribution in [1.82, 2.24) is 20.5 Å². The van der Waals surface area contributed by atoms with Crippen molar-refractivity contribution in [3.63, 3.8) is 0 Å². The Morgan fingerprint density at radius 1 is 1.13 bits per heavy atom. The predicted molar refractivity (Wildman–Crippen MR) is 90.8 cm³/mol. The molecule has 2 aromatic heterocycles. The molecule has 0 aliphatic heterocycles. The first-order valence-corrected chi connectivity index (χ1v) is 8.15. The number of hydrogen-bond acceptors (Lipinski definition) is 3. The molecular formula is C19H20N4. The van der Waals surface area contributed by atoms with Crippen LogP contribution in [0.2, 0.25) is 0 Å². The van der Waals surface area contributed by atoms with Crippen molar-refractivity contribution in [2.24, 2.45) is 0 Å². The van der Waals surface area contributed by atoms with Gasteiger partial charge in [-0.3, -0.25) is 10.1 Å². The molecule has 0 saturated carbocycles. The van der Waals surface area contributed by atoms with Crippen molar-refractivity contribution in [1.29, 1.82) is 0 Å². The second-order valence-electron chi connectivity index (χ2n) is 6.04. The highest BCUT2D eigenvalue weighted by Gasteiger charge is 2.19. The van der Waals surface area contributed by atoms with E-state index in [9.17, 15) is 0 Å². The number of nitrogens with zero attached hydrogens (tertiary/aromatic N) is 2. The molecule has 1 aromatic carbocycles. The molecule has 4 nitrogen and oxygen atoms in total. The molecule has 0 unspecified atom stereocenters. The normalized spacial score (nSPS) is 17.0. The van der Waals surface area contributed by atoms with Gasteiger partial charge in [-0.05, 0) is 42.5 Å². The van der Waals surface area contributed by atoms with E-state index in [0.29, 0.717) is 6.04 Å². The number of aromatic amines is 1. The van der Waals surface area contributed by atoms with Gasteiger partial charge in [0.25, 0.3) is 0 Å². The molecule has 1 aliphatic rings. The van der Waals surface area contributed by atoms with E-state index in [1.165, 1.54) is 36.0 Å². The van der Waals surface area contributed by atoms with Crippen molar-refractivity contribution >= 4 is 0 Å². The lowest BCUT2D eigenvalue weighted by molar-refractivity contribution is 0.459. The van der Waals surface area contributed by atoms with Crippen molar-refractivity contribution in [2.45, 2.75) is 31.8 Å². The van der Waals surface area contributed by atoms with Gasteiger partial charge in [0.2, 0.25) is 0 Å². The van der Waals surface area contributed by atoms with Crippen LogP contribution in [-0.4, -0.2) is 15.2 Å². The van der Waals surface area contributed by atoms with Crippen LogP contribution in [0.15, 0.2) is 55.0 Å². The van der Waals surface area contributed by atoms with Gasteiger partial charge in [-0.25, -0.2) is 0 Å². The maximum atomic E-state index is 4.21. The number of hydrogen-bond donors (Lipinski definition) is 2. The van der Waals surface area contributed by atoms with Crippen LogP contribution in [-0.2, 0) is 13.0 Å². The molecule has 0 fully saturated rings. The zero-order valence-electron chi connectivity index (χ0n) is 13.0. The first-order valence-electron chi connectivity index (χ1n) is 8.15. The van der Waals surface area contributed by atoms with Gasteiger partial charge in [-0.15, -0.1) is 0 Å². The van der Waals surface area contributed by atoms with Crippen LogP contribution in [0.5, 0.6) is 0 Å². The summed E-state index contributed by atoms with van der Waals surface area (Å²) in [5.41, 5.74) is 6.24. The molecular weight excluding hydrogens is 284 g/mol. The minimum absolute atomic E-state index is 0.427. The Labute approximate surface area is 136 Å². The molecule has 116 valence electrons. The lowest BCUT2D eigenvalue weighted by Crippen LogP contribution is -2.24. The third-order valence-electron chi connectivity index (χ3n) is 4.58. The Bertz CT molecular complexity index is 779. The zero-order chi connectivity index (χ0) is 15.5. The molecule has 0 radical (unpaired) electrons. The molecule has 4 rings (SSSR count). The van der Waals surface area contributed by atoms with Crippen molar-refractivity contribution < 1.29 is 0 Å². The van der Waals surface area contributed by atoms with E-state index >= 15 is 0 Å². The van der Waals surface area contributed by atoms with E-state index in [4.69, 9.17) is 0 Å². The highest BCUT2D eigenvalue weighted by molar-refractivity contribution is 5.61. The number of pyridine rings is 1. The number of aromatic nitrogens is 3. The number of benzene rings is 1. The van der Waals surface area contributed by atoms with Crippen molar-refractivity contribution in [3.05, 3.63) is 71.7 Å². The summed E-state index contributed by atoms with van der Waals surface area (Å²) in [4.78, 5) is 4.19. The second kappa shape index (κ2) is 6.34. The summed E-state index contributed by atoms with van der Waals surface area (Å²) < 4.78 is 0. The number of aryl methyl sites for hydroxylation is 1. The number of rotatable bonds is 4.